The van der Waals surface area contributed by atoms with E-state index in [-0.39, 0.29) is 17.9 Å². The Hall–Kier alpha value is -1.96. The summed E-state index contributed by atoms with van der Waals surface area (Å²) in [6.07, 6.45) is -4.61. The van der Waals surface area contributed by atoms with Gasteiger partial charge in [-0.2, -0.15) is 18.4 Å². The standard InChI is InChI=1S/C12H10F3NO/c1-3-17-8(2)10-6-4-5-9(7-16)11(10)12(13,14)15/h4-6H,2-3H2,1H3. The number of hydrogen-bond acceptors (Lipinski definition) is 2. The molecule has 5 heteroatoms. The first kappa shape index (κ1) is 13.1. The van der Waals surface area contributed by atoms with Gasteiger partial charge in [-0.05, 0) is 13.0 Å². The fraction of sp³-hybridized carbons (Fsp3) is 0.250. The summed E-state index contributed by atoms with van der Waals surface area (Å²) in [5, 5.41) is 8.70. The molecule has 0 aliphatic carbocycles. The van der Waals surface area contributed by atoms with E-state index >= 15 is 0 Å². The quantitative estimate of drug-likeness (QED) is 0.757. The molecule has 0 heterocycles. The van der Waals surface area contributed by atoms with Crippen LogP contribution in [0.3, 0.4) is 0 Å². The van der Waals surface area contributed by atoms with Crippen LogP contribution < -0.4 is 0 Å². The van der Waals surface area contributed by atoms with Crippen molar-refractivity contribution in [3.8, 4) is 6.07 Å². The van der Waals surface area contributed by atoms with Crippen LogP contribution in [0.15, 0.2) is 24.8 Å². The molecule has 0 amide bonds. The van der Waals surface area contributed by atoms with Gasteiger partial charge in [-0.15, -0.1) is 0 Å². The number of ether oxygens (including phenoxy) is 1. The highest BCUT2D eigenvalue weighted by Crippen LogP contribution is 2.37. The summed E-state index contributed by atoms with van der Waals surface area (Å²) >= 11 is 0. The van der Waals surface area contributed by atoms with Gasteiger partial charge in [0.05, 0.1) is 23.8 Å². The molecule has 2 nitrogen and oxygen atoms in total. The van der Waals surface area contributed by atoms with Crippen molar-refractivity contribution in [3.05, 3.63) is 41.5 Å². The molecule has 0 aliphatic heterocycles. The number of nitrogens with zero attached hydrogens (tertiary/aromatic N) is 1. The smallest absolute Gasteiger partial charge is 0.418 e. The Morgan fingerprint density at radius 3 is 2.59 bits per heavy atom. The third-order valence-corrected chi connectivity index (χ3v) is 2.09. The number of alkyl halides is 3. The van der Waals surface area contributed by atoms with Gasteiger partial charge >= 0.3 is 6.18 Å². The molecule has 0 spiro atoms. The van der Waals surface area contributed by atoms with E-state index in [0.29, 0.717) is 0 Å². The minimum atomic E-state index is -4.61. The van der Waals surface area contributed by atoms with Gasteiger partial charge in [0.15, 0.2) is 0 Å². The molecule has 0 saturated heterocycles. The molecule has 0 saturated carbocycles. The Labute approximate surface area is 96.9 Å². The molecule has 0 radical (unpaired) electrons. The lowest BCUT2D eigenvalue weighted by Crippen LogP contribution is -2.12. The second-order valence-electron chi connectivity index (χ2n) is 3.19. The van der Waals surface area contributed by atoms with Gasteiger partial charge in [0.2, 0.25) is 0 Å². The van der Waals surface area contributed by atoms with E-state index in [9.17, 15) is 13.2 Å². The SMILES string of the molecule is C=C(OCC)c1cccc(C#N)c1C(F)(F)F. The zero-order valence-electron chi connectivity index (χ0n) is 9.14. The van der Waals surface area contributed by atoms with Gasteiger partial charge in [-0.1, -0.05) is 18.7 Å². The van der Waals surface area contributed by atoms with Crippen molar-refractivity contribution in [1.29, 1.82) is 5.26 Å². The van der Waals surface area contributed by atoms with Crippen LogP contribution in [0.25, 0.3) is 5.76 Å². The number of rotatable bonds is 3. The third-order valence-electron chi connectivity index (χ3n) is 2.09. The highest BCUT2D eigenvalue weighted by molar-refractivity contribution is 5.65. The topological polar surface area (TPSA) is 33.0 Å². The van der Waals surface area contributed by atoms with Crippen LogP contribution in [0, 0.1) is 11.3 Å². The van der Waals surface area contributed by atoms with Crippen LogP contribution in [0.2, 0.25) is 0 Å². The van der Waals surface area contributed by atoms with E-state index in [4.69, 9.17) is 10.00 Å². The minimum Gasteiger partial charge on any atom is -0.494 e. The van der Waals surface area contributed by atoms with Gasteiger partial charge in [-0.3, -0.25) is 0 Å². The van der Waals surface area contributed by atoms with Crippen molar-refractivity contribution in [3.63, 3.8) is 0 Å². The number of benzene rings is 1. The van der Waals surface area contributed by atoms with Crippen molar-refractivity contribution in [2.45, 2.75) is 13.1 Å². The van der Waals surface area contributed by atoms with Crippen LogP contribution in [0.5, 0.6) is 0 Å². The van der Waals surface area contributed by atoms with Gasteiger partial charge in [0.1, 0.15) is 5.76 Å². The molecule has 0 bridgehead atoms. The maximum Gasteiger partial charge on any atom is 0.418 e. The zero-order valence-corrected chi connectivity index (χ0v) is 9.14. The Balaban J connectivity index is 3.41. The molecule has 17 heavy (non-hydrogen) atoms. The van der Waals surface area contributed by atoms with Gasteiger partial charge in [-0.25, -0.2) is 0 Å². The number of hydrogen-bond donors (Lipinski definition) is 0. The van der Waals surface area contributed by atoms with Crippen LogP contribution in [0.1, 0.15) is 23.6 Å². The number of halogens is 3. The van der Waals surface area contributed by atoms with E-state index in [0.717, 1.165) is 6.07 Å². The first-order valence-electron chi connectivity index (χ1n) is 4.84. The monoisotopic (exact) mass is 241 g/mol. The van der Waals surface area contributed by atoms with Crippen LogP contribution in [-0.2, 0) is 10.9 Å². The van der Waals surface area contributed by atoms with E-state index in [1.54, 1.807) is 6.92 Å². The lowest BCUT2D eigenvalue weighted by atomic mass is 10.00. The Morgan fingerprint density at radius 2 is 2.12 bits per heavy atom. The zero-order chi connectivity index (χ0) is 13.1. The van der Waals surface area contributed by atoms with Gasteiger partial charge < -0.3 is 4.74 Å². The summed E-state index contributed by atoms with van der Waals surface area (Å²) in [6.45, 7) is 5.29. The highest BCUT2D eigenvalue weighted by Gasteiger charge is 2.37. The maximum absolute atomic E-state index is 12.8. The fourth-order valence-electron chi connectivity index (χ4n) is 1.44. The van der Waals surface area contributed by atoms with Crippen LogP contribution in [0.4, 0.5) is 13.2 Å². The van der Waals surface area contributed by atoms with Crippen LogP contribution in [-0.4, -0.2) is 6.61 Å². The maximum atomic E-state index is 12.8. The van der Waals surface area contributed by atoms with Crippen molar-refractivity contribution >= 4 is 5.76 Å². The predicted octanol–water partition coefficient (Wildman–Crippen LogP) is 3.58. The summed E-state index contributed by atoms with van der Waals surface area (Å²) < 4.78 is 43.5. The Kier molecular flexibility index (Phi) is 3.79. The molecule has 0 atom stereocenters. The molecule has 1 aromatic rings. The van der Waals surface area contributed by atoms with E-state index < -0.39 is 17.3 Å². The summed E-state index contributed by atoms with van der Waals surface area (Å²) in [6, 6.07) is 5.25. The second kappa shape index (κ2) is 4.91. The molecule has 1 rings (SSSR count). The fourth-order valence-corrected chi connectivity index (χ4v) is 1.44. The summed E-state index contributed by atoms with van der Waals surface area (Å²) in [7, 11) is 0. The lowest BCUT2D eigenvalue weighted by molar-refractivity contribution is -0.138. The molecule has 0 aromatic heterocycles. The molecular weight excluding hydrogens is 231 g/mol. The van der Waals surface area contributed by atoms with E-state index in [1.165, 1.54) is 18.2 Å². The normalized spacial score (nSPS) is 10.8. The Bertz CT molecular complexity index is 472. The van der Waals surface area contributed by atoms with Crippen molar-refractivity contribution in [2.24, 2.45) is 0 Å². The molecule has 90 valence electrons. The van der Waals surface area contributed by atoms with Gasteiger partial charge in [0, 0.05) is 5.56 Å². The Morgan fingerprint density at radius 1 is 1.47 bits per heavy atom. The van der Waals surface area contributed by atoms with Crippen molar-refractivity contribution < 1.29 is 17.9 Å². The second-order valence-corrected chi connectivity index (χ2v) is 3.19. The minimum absolute atomic E-state index is 0.0862. The van der Waals surface area contributed by atoms with E-state index in [2.05, 4.69) is 6.58 Å². The largest absolute Gasteiger partial charge is 0.494 e. The molecule has 0 N–H and O–H groups in total. The molecule has 0 aliphatic rings. The average Bonchev–Trinajstić information content (AvgIpc) is 2.27. The average molecular weight is 241 g/mol. The molecular formula is C12H10F3NO. The molecule has 0 unspecified atom stereocenters. The number of nitriles is 1. The van der Waals surface area contributed by atoms with Crippen molar-refractivity contribution in [1.82, 2.24) is 0 Å². The highest BCUT2D eigenvalue weighted by atomic mass is 19.4. The van der Waals surface area contributed by atoms with Gasteiger partial charge in [0.25, 0.3) is 0 Å². The summed E-state index contributed by atoms with van der Waals surface area (Å²) in [4.78, 5) is 0. The first-order chi connectivity index (χ1) is 7.91. The van der Waals surface area contributed by atoms with Crippen LogP contribution >= 0.6 is 0 Å². The lowest BCUT2D eigenvalue weighted by Gasteiger charge is -2.15. The summed E-state index contributed by atoms with van der Waals surface area (Å²) in [5.74, 6) is -0.0862. The first-order valence-corrected chi connectivity index (χ1v) is 4.84. The molecule has 1 aromatic carbocycles. The third kappa shape index (κ3) is 2.78. The molecule has 0 fully saturated rings. The van der Waals surface area contributed by atoms with E-state index in [1.807, 2.05) is 0 Å². The summed E-state index contributed by atoms with van der Waals surface area (Å²) in [5.41, 5.74) is -1.63. The predicted molar refractivity (Wildman–Crippen MR) is 56.8 cm³/mol. The van der Waals surface area contributed by atoms with Crippen molar-refractivity contribution in [2.75, 3.05) is 6.61 Å².